The highest BCUT2D eigenvalue weighted by Crippen LogP contribution is 2.24. The second-order valence-corrected chi connectivity index (χ2v) is 7.81. The van der Waals surface area contributed by atoms with E-state index in [1.807, 2.05) is 32.0 Å². The third-order valence-corrected chi connectivity index (χ3v) is 5.72. The van der Waals surface area contributed by atoms with Crippen LogP contribution < -0.4 is 9.62 Å². The van der Waals surface area contributed by atoms with E-state index >= 15 is 0 Å². The Kier molecular flexibility index (Phi) is 5.98. The number of benzene rings is 2. The Bertz CT molecular complexity index is 856. The maximum Gasteiger partial charge on any atom is 0.240 e. The molecule has 0 atom stereocenters. The van der Waals surface area contributed by atoms with Gasteiger partial charge in [-0.1, -0.05) is 36.4 Å². The number of para-hydroxylation sites is 1. The lowest BCUT2D eigenvalue weighted by atomic mass is 10.1. The summed E-state index contributed by atoms with van der Waals surface area (Å²) in [5.41, 5.74) is 3.49. The molecule has 5 nitrogen and oxygen atoms in total. The van der Waals surface area contributed by atoms with Gasteiger partial charge >= 0.3 is 0 Å². The summed E-state index contributed by atoms with van der Waals surface area (Å²) in [5, 5.41) is 0. The summed E-state index contributed by atoms with van der Waals surface area (Å²) in [5.74, 6) is -0.118. The van der Waals surface area contributed by atoms with Crippen LogP contribution in [0.4, 0.5) is 5.69 Å². The first-order valence-electron chi connectivity index (χ1n) is 8.13. The highest BCUT2D eigenvalue weighted by Gasteiger charge is 2.19. The number of nitrogens with zero attached hydrogens (tertiary/aromatic N) is 1. The molecule has 134 valence electrons. The molecule has 0 aliphatic carbocycles. The lowest BCUT2D eigenvalue weighted by molar-refractivity contribution is -0.116. The van der Waals surface area contributed by atoms with Crippen molar-refractivity contribution in [3.63, 3.8) is 0 Å². The van der Waals surface area contributed by atoms with E-state index in [9.17, 15) is 13.2 Å². The standard InChI is InChI=1S/C19H24N2O3S/c1-14-8-5-6-11-18(14)25(23,24)20-12-13-21(17(4)22)19-15(2)9-7-10-16(19)3/h5-11,20H,12-13H2,1-4H3. The van der Waals surface area contributed by atoms with Crippen LogP contribution in [0.25, 0.3) is 0 Å². The van der Waals surface area contributed by atoms with Gasteiger partial charge in [0.05, 0.1) is 4.90 Å². The summed E-state index contributed by atoms with van der Waals surface area (Å²) in [6.45, 7) is 7.54. The summed E-state index contributed by atoms with van der Waals surface area (Å²) in [6.07, 6.45) is 0. The fourth-order valence-corrected chi connectivity index (χ4v) is 4.15. The number of hydrogen-bond acceptors (Lipinski definition) is 3. The molecule has 0 aromatic heterocycles. The molecule has 0 aliphatic heterocycles. The van der Waals surface area contributed by atoms with Gasteiger partial charge in [0, 0.05) is 25.7 Å². The highest BCUT2D eigenvalue weighted by molar-refractivity contribution is 7.89. The molecule has 0 unspecified atom stereocenters. The first-order chi connectivity index (χ1) is 11.7. The lowest BCUT2D eigenvalue weighted by Gasteiger charge is -2.25. The van der Waals surface area contributed by atoms with Crippen molar-refractivity contribution in [3.05, 3.63) is 59.2 Å². The molecule has 2 rings (SSSR count). The van der Waals surface area contributed by atoms with Crippen LogP contribution in [0.5, 0.6) is 0 Å². The lowest BCUT2D eigenvalue weighted by Crippen LogP contribution is -2.38. The Morgan fingerprint density at radius 3 is 2.08 bits per heavy atom. The van der Waals surface area contributed by atoms with Crippen LogP contribution in [0.1, 0.15) is 23.6 Å². The number of sulfonamides is 1. The van der Waals surface area contributed by atoms with E-state index in [2.05, 4.69) is 4.72 Å². The summed E-state index contributed by atoms with van der Waals surface area (Å²) in [7, 11) is -3.60. The second kappa shape index (κ2) is 7.80. The fourth-order valence-electron chi connectivity index (χ4n) is 2.89. The number of carbonyl (C=O) groups is 1. The molecule has 0 saturated heterocycles. The fraction of sp³-hybridized carbons (Fsp3) is 0.316. The van der Waals surface area contributed by atoms with Crippen LogP contribution in [0.3, 0.4) is 0 Å². The zero-order valence-electron chi connectivity index (χ0n) is 15.0. The van der Waals surface area contributed by atoms with Crippen LogP contribution in [-0.4, -0.2) is 27.4 Å². The van der Waals surface area contributed by atoms with E-state index in [0.29, 0.717) is 5.56 Å². The van der Waals surface area contributed by atoms with Gasteiger partial charge in [-0.05, 0) is 43.5 Å². The molecule has 1 N–H and O–H groups in total. The number of carbonyl (C=O) groups excluding carboxylic acids is 1. The van der Waals surface area contributed by atoms with E-state index in [1.54, 1.807) is 36.1 Å². The molecule has 0 spiro atoms. The summed E-state index contributed by atoms with van der Waals surface area (Å²) >= 11 is 0. The molecule has 2 aromatic carbocycles. The molecule has 0 bridgehead atoms. The molecule has 6 heteroatoms. The number of anilines is 1. The number of hydrogen-bond donors (Lipinski definition) is 1. The molecule has 1 amide bonds. The van der Waals surface area contributed by atoms with Crippen molar-refractivity contribution < 1.29 is 13.2 Å². The van der Waals surface area contributed by atoms with Crippen molar-refractivity contribution in [1.82, 2.24) is 4.72 Å². The summed E-state index contributed by atoms with van der Waals surface area (Å²) in [4.78, 5) is 14.0. The van der Waals surface area contributed by atoms with Crippen LogP contribution in [0.2, 0.25) is 0 Å². The van der Waals surface area contributed by atoms with Crippen molar-refractivity contribution in [2.45, 2.75) is 32.6 Å². The molecule has 0 heterocycles. The Balaban J connectivity index is 2.16. The van der Waals surface area contributed by atoms with Crippen LogP contribution in [-0.2, 0) is 14.8 Å². The quantitative estimate of drug-likeness (QED) is 0.861. The van der Waals surface area contributed by atoms with Crippen molar-refractivity contribution in [3.8, 4) is 0 Å². The van der Waals surface area contributed by atoms with E-state index in [1.165, 1.54) is 6.92 Å². The van der Waals surface area contributed by atoms with Gasteiger partial charge in [0.1, 0.15) is 0 Å². The molecule has 0 fully saturated rings. The van der Waals surface area contributed by atoms with E-state index in [-0.39, 0.29) is 23.9 Å². The summed E-state index contributed by atoms with van der Waals surface area (Å²) in [6, 6.07) is 12.6. The van der Waals surface area contributed by atoms with Gasteiger partial charge in [0.15, 0.2) is 0 Å². The maximum absolute atomic E-state index is 12.5. The van der Waals surface area contributed by atoms with Crippen LogP contribution in [0, 0.1) is 20.8 Å². The SMILES string of the molecule is CC(=O)N(CCNS(=O)(=O)c1ccccc1C)c1c(C)cccc1C. The maximum atomic E-state index is 12.5. The average Bonchev–Trinajstić information content (AvgIpc) is 2.53. The molecule has 25 heavy (non-hydrogen) atoms. The second-order valence-electron chi connectivity index (χ2n) is 6.07. The third kappa shape index (κ3) is 4.46. The minimum Gasteiger partial charge on any atom is -0.311 e. The van der Waals surface area contributed by atoms with E-state index < -0.39 is 10.0 Å². The normalized spacial score (nSPS) is 11.4. The van der Waals surface area contributed by atoms with Gasteiger partial charge in [-0.15, -0.1) is 0 Å². The smallest absolute Gasteiger partial charge is 0.240 e. The van der Waals surface area contributed by atoms with Crippen molar-refractivity contribution in [2.75, 3.05) is 18.0 Å². The molecular formula is C19H24N2O3S. The Morgan fingerprint density at radius 1 is 0.960 bits per heavy atom. The number of rotatable bonds is 6. The van der Waals surface area contributed by atoms with Gasteiger partial charge in [0.25, 0.3) is 0 Å². The topological polar surface area (TPSA) is 66.5 Å². The Hall–Kier alpha value is -2.18. The van der Waals surface area contributed by atoms with Gasteiger partial charge in [-0.3, -0.25) is 4.79 Å². The monoisotopic (exact) mass is 360 g/mol. The Morgan fingerprint density at radius 2 is 1.52 bits per heavy atom. The molecular weight excluding hydrogens is 336 g/mol. The van der Waals surface area contributed by atoms with Crippen molar-refractivity contribution in [1.29, 1.82) is 0 Å². The molecule has 0 saturated carbocycles. The minimum absolute atomic E-state index is 0.118. The molecule has 2 aromatic rings. The van der Waals surface area contributed by atoms with Crippen molar-refractivity contribution in [2.24, 2.45) is 0 Å². The highest BCUT2D eigenvalue weighted by atomic mass is 32.2. The average molecular weight is 360 g/mol. The third-order valence-electron chi connectivity index (χ3n) is 4.10. The first kappa shape index (κ1) is 19.1. The predicted octanol–water partition coefficient (Wildman–Crippen LogP) is 2.94. The van der Waals surface area contributed by atoms with Gasteiger partial charge < -0.3 is 4.90 Å². The molecule has 0 aliphatic rings. The predicted molar refractivity (Wildman–Crippen MR) is 100 cm³/mol. The van der Waals surface area contributed by atoms with Crippen molar-refractivity contribution >= 4 is 21.6 Å². The van der Waals surface area contributed by atoms with Gasteiger partial charge in [-0.25, -0.2) is 13.1 Å². The minimum atomic E-state index is -3.60. The van der Waals surface area contributed by atoms with E-state index in [4.69, 9.17) is 0 Å². The Labute approximate surface area is 149 Å². The zero-order chi connectivity index (χ0) is 18.6. The van der Waals surface area contributed by atoms with Crippen LogP contribution in [0.15, 0.2) is 47.4 Å². The van der Waals surface area contributed by atoms with Gasteiger partial charge in [0.2, 0.25) is 15.9 Å². The first-order valence-corrected chi connectivity index (χ1v) is 9.62. The van der Waals surface area contributed by atoms with E-state index in [0.717, 1.165) is 16.8 Å². The molecule has 0 radical (unpaired) electrons. The number of amides is 1. The number of nitrogens with one attached hydrogen (secondary N) is 1. The zero-order valence-corrected chi connectivity index (χ0v) is 15.9. The van der Waals surface area contributed by atoms with Crippen LogP contribution >= 0.6 is 0 Å². The van der Waals surface area contributed by atoms with Gasteiger partial charge in [-0.2, -0.15) is 0 Å². The largest absolute Gasteiger partial charge is 0.311 e. The number of aryl methyl sites for hydroxylation is 3. The summed E-state index contributed by atoms with van der Waals surface area (Å²) < 4.78 is 27.5.